The van der Waals surface area contributed by atoms with Gasteiger partial charge in [0.05, 0.1) is 11.6 Å². The van der Waals surface area contributed by atoms with Crippen LogP contribution >= 0.6 is 0 Å². The van der Waals surface area contributed by atoms with Gasteiger partial charge in [-0.05, 0) is 31.4 Å². The number of hydrogen-bond donors (Lipinski definition) is 1. The van der Waals surface area contributed by atoms with E-state index in [9.17, 15) is 22.8 Å². The smallest absolute Gasteiger partial charge is 0.309 e. The van der Waals surface area contributed by atoms with Crippen LogP contribution < -0.4 is 5.32 Å². The summed E-state index contributed by atoms with van der Waals surface area (Å²) in [5.74, 6) is -5.82. The van der Waals surface area contributed by atoms with E-state index in [1.54, 1.807) is 0 Å². The van der Waals surface area contributed by atoms with E-state index in [0.717, 1.165) is 6.07 Å². The molecule has 7 heteroatoms. The number of anilines is 1. The summed E-state index contributed by atoms with van der Waals surface area (Å²) in [6, 6.07) is 1.58. The molecule has 1 amide bonds. The zero-order chi connectivity index (χ0) is 15.7. The summed E-state index contributed by atoms with van der Waals surface area (Å²) in [6.07, 6.45) is -0.442. The topological polar surface area (TPSA) is 55.4 Å². The van der Waals surface area contributed by atoms with Crippen molar-refractivity contribution in [3.8, 4) is 0 Å². The maximum absolute atomic E-state index is 13.4. The van der Waals surface area contributed by atoms with E-state index >= 15 is 0 Å². The molecule has 1 aliphatic carbocycles. The lowest BCUT2D eigenvalue weighted by Crippen LogP contribution is -2.31. The minimum absolute atomic E-state index is 0.208. The third kappa shape index (κ3) is 3.34. The summed E-state index contributed by atoms with van der Waals surface area (Å²) in [7, 11) is 0. The third-order valence-electron chi connectivity index (χ3n) is 3.37. The first kappa shape index (κ1) is 15.3. The van der Waals surface area contributed by atoms with E-state index in [2.05, 4.69) is 5.32 Å². The molecular formula is C14H14F3NO3. The highest BCUT2D eigenvalue weighted by Gasteiger charge is 2.41. The average molecular weight is 301 g/mol. The molecule has 4 nitrogen and oxygen atoms in total. The zero-order valence-electron chi connectivity index (χ0n) is 11.5. The largest absolute Gasteiger partial charge is 0.452 e. The number of esters is 1. The first-order valence-electron chi connectivity index (χ1n) is 6.46. The monoisotopic (exact) mass is 301 g/mol. The predicted octanol–water partition coefficient (Wildman–Crippen LogP) is 2.63. The highest BCUT2D eigenvalue weighted by atomic mass is 19.2. The Balaban J connectivity index is 1.97. The van der Waals surface area contributed by atoms with E-state index in [0.29, 0.717) is 12.5 Å². The van der Waals surface area contributed by atoms with Crippen molar-refractivity contribution < 1.29 is 27.5 Å². The maximum Gasteiger partial charge on any atom is 0.309 e. The minimum atomic E-state index is -1.68. The van der Waals surface area contributed by atoms with Crippen LogP contribution in [0.4, 0.5) is 18.9 Å². The zero-order valence-corrected chi connectivity index (χ0v) is 11.5. The second-order valence-corrected chi connectivity index (χ2v) is 5.11. The van der Waals surface area contributed by atoms with E-state index in [-0.39, 0.29) is 11.8 Å². The Morgan fingerprint density at radius 3 is 2.48 bits per heavy atom. The molecule has 3 atom stereocenters. The van der Waals surface area contributed by atoms with Crippen molar-refractivity contribution in [2.24, 2.45) is 11.8 Å². The Bertz CT molecular complexity index is 591. The van der Waals surface area contributed by atoms with Crippen LogP contribution in [0.2, 0.25) is 0 Å². The van der Waals surface area contributed by atoms with Gasteiger partial charge in [-0.1, -0.05) is 6.92 Å². The van der Waals surface area contributed by atoms with Gasteiger partial charge in [0.15, 0.2) is 23.6 Å². The molecule has 2 rings (SSSR count). The summed E-state index contributed by atoms with van der Waals surface area (Å²) >= 11 is 0. The number of ether oxygens (including phenoxy) is 1. The van der Waals surface area contributed by atoms with Crippen molar-refractivity contribution in [2.75, 3.05) is 5.32 Å². The summed E-state index contributed by atoms with van der Waals surface area (Å²) < 4.78 is 44.1. The number of hydrogen-bond acceptors (Lipinski definition) is 3. The summed E-state index contributed by atoms with van der Waals surface area (Å²) in [4.78, 5) is 23.3. The van der Waals surface area contributed by atoms with Crippen LogP contribution in [0, 0.1) is 29.3 Å². The molecule has 1 saturated carbocycles. The summed E-state index contributed by atoms with van der Waals surface area (Å²) in [5, 5.41) is 2.06. The van der Waals surface area contributed by atoms with Crippen molar-refractivity contribution >= 4 is 17.6 Å². The molecule has 0 saturated heterocycles. The van der Waals surface area contributed by atoms with Crippen LogP contribution in [0.1, 0.15) is 20.3 Å². The molecule has 0 spiro atoms. The van der Waals surface area contributed by atoms with Crippen molar-refractivity contribution in [1.29, 1.82) is 0 Å². The van der Waals surface area contributed by atoms with E-state index < -0.39 is 41.1 Å². The fourth-order valence-corrected chi connectivity index (χ4v) is 1.82. The van der Waals surface area contributed by atoms with Gasteiger partial charge in [-0.25, -0.2) is 13.2 Å². The molecule has 0 unspecified atom stereocenters. The van der Waals surface area contributed by atoms with Crippen LogP contribution in [0.3, 0.4) is 0 Å². The van der Waals surface area contributed by atoms with Crippen LogP contribution in [-0.2, 0) is 14.3 Å². The number of nitrogens with one attached hydrogen (secondary N) is 1. The number of benzene rings is 1. The lowest BCUT2D eigenvalue weighted by Gasteiger charge is -2.14. The molecule has 1 N–H and O–H groups in total. The minimum Gasteiger partial charge on any atom is -0.452 e. The Kier molecular flexibility index (Phi) is 4.20. The molecule has 1 aromatic rings. The molecule has 0 radical (unpaired) electrons. The molecule has 0 aromatic heterocycles. The fraction of sp³-hybridized carbons (Fsp3) is 0.429. The molecule has 0 bridgehead atoms. The van der Waals surface area contributed by atoms with Gasteiger partial charge in [-0.3, -0.25) is 9.59 Å². The first-order valence-corrected chi connectivity index (χ1v) is 6.46. The Labute approximate surface area is 119 Å². The quantitative estimate of drug-likeness (QED) is 0.687. The van der Waals surface area contributed by atoms with Crippen molar-refractivity contribution in [1.82, 2.24) is 0 Å². The fourth-order valence-electron chi connectivity index (χ4n) is 1.82. The van der Waals surface area contributed by atoms with Crippen LogP contribution in [0.15, 0.2) is 12.1 Å². The number of carbonyl (C=O) groups excluding carboxylic acids is 2. The molecule has 0 heterocycles. The number of amides is 1. The molecule has 0 aliphatic heterocycles. The van der Waals surface area contributed by atoms with Crippen molar-refractivity contribution in [3.63, 3.8) is 0 Å². The third-order valence-corrected chi connectivity index (χ3v) is 3.37. The standard InChI is InChI=1S/C14H14F3NO3/c1-6-5-8(6)14(20)21-7(2)13(19)18-10-4-3-9(15)11(16)12(10)17/h3-4,6-8H,5H2,1-2H3,(H,18,19)/t6-,7+,8+/m1/s1. The van der Waals surface area contributed by atoms with Crippen molar-refractivity contribution in [3.05, 3.63) is 29.6 Å². The second-order valence-electron chi connectivity index (χ2n) is 5.11. The molecular weight excluding hydrogens is 287 g/mol. The summed E-state index contributed by atoms with van der Waals surface area (Å²) in [5.41, 5.74) is -0.512. The highest BCUT2D eigenvalue weighted by Crippen LogP contribution is 2.38. The van der Waals surface area contributed by atoms with E-state index in [4.69, 9.17) is 4.74 Å². The van der Waals surface area contributed by atoms with Gasteiger partial charge in [-0.2, -0.15) is 0 Å². The Morgan fingerprint density at radius 1 is 1.29 bits per heavy atom. The van der Waals surface area contributed by atoms with Crippen LogP contribution in [0.5, 0.6) is 0 Å². The van der Waals surface area contributed by atoms with E-state index in [1.807, 2.05) is 6.92 Å². The first-order chi connectivity index (χ1) is 9.81. The molecule has 1 aliphatic rings. The normalized spacial score (nSPS) is 21.6. The van der Waals surface area contributed by atoms with Gasteiger partial charge in [0.2, 0.25) is 0 Å². The lowest BCUT2D eigenvalue weighted by atomic mass is 10.2. The van der Waals surface area contributed by atoms with Gasteiger partial charge >= 0.3 is 5.97 Å². The molecule has 1 fully saturated rings. The SMILES string of the molecule is C[C@H](OC(=O)[C@H]1C[C@H]1C)C(=O)Nc1ccc(F)c(F)c1F. The van der Waals surface area contributed by atoms with E-state index in [1.165, 1.54) is 6.92 Å². The van der Waals surface area contributed by atoms with Crippen LogP contribution in [-0.4, -0.2) is 18.0 Å². The molecule has 1 aromatic carbocycles. The predicted molar refractivity (Wildman–Crippen MR) is 67.8 cm³/mol. The van der Waals surface area contributed by atoms with Crippen molar-refractivity contribution in [2.45, 2.75) is 26.4 Å². The second kappa shape index (κ2) is 5.75. The summed E-state index contributed by atoms with van der Waals surface area (Å²) in [6.45, 7) is 3.20. The maximum atomic E-state index is 13.4. The van der Waals surface area contributed by atoms with Gasteiger partial charge < -0.3 is 10.1 Å². The Hall–Kier alpha value is -2.05. The van der Waals surface area contributed by atoms with Gasteiger partial charge in [0.1, 0.15) is 0 Å². The lowest BCUT2D eigenvalue weighted by molar-refractivity contribution is -0.154. The van der Waals surface area contributed by atoms with Crippen LogP contribution in [0.25, 0.3) is 0 Å². The average Bonchev–Trinajstić information content (AvgIpc) is 3.16. The molecule has 114 valence electrons. The number of rotatable bonds is 4. The number of carbonyl (C=O) groups is 2. The van der Waals surface area contributed by atoms with Gasteiger partial charge in [-0.15, -0.1) is 0 Å². The number of halogens is 3. The Morgan fingerprint density at radius 2 is 1.90 bits per heavy atom. The molecule has 21 heavy (non-hydrogen) atoms. The van der Waals surface area contributed by atoms with Gasteiger partial charge in [0.25, 0.3) is 5.91 Å². The van der Waals surface area contributed by atoms with Gasteiger partial charge in [0, 0.05) is 0 Å². The highest BCUT2D eigenvalue weighted by molar-refractivity contribution is 5.95.